The van der Waals surface area contributed by atoms with E-state index in [9.17, 15) is 4.79 Å². The molecule has 0 aliphatic carbocycles. The highest BCUT2D eigenvalue weighted by molar-refractivity contribution is 5.78. The lowest BCUT2D eigenvalue weighted by atomic mass is 10.2. The van der Waals surface area contributed by atoms with Crippen LogP contribution in [-0.2, 0) is 4.79 Å². The van der Waals surface area contributed by atoms with E-state index in [0.717, 1.165) is 24.9 Å². The average molecular weight is 315 g/mol. The van der Waals surface area contributed by atoms with E-state index in [1.54, 1.807) is 0 Å². The molecular weight excluding hydrogens is 298 g/mol. The Kier molecular flexibility index (Phi) is 3.40. The molecule has 1 amide bonds. The number of amides is 1. The Bertz CT molecular complexity index is 743. The second kappa shape index (κ2) is 5.57. The molecule has 0 N–H and O–H groups in total. The van der Waals surface area contributed by atoms with Crippen molar-refractivity contribution in [3.8, 4) is 23.0 Å². The molecule has 1 atom stereocenters. The van der Waals surface area contributed by atoms with Crippen LogP contribution in [0.15, 0.2) is 22.6 Å². The van der Waals surface area contributed by atoms with E-state index < -0.39 is 0 Å². The maximum absolute atomic E-state index is 12.0. The van der Waals surface area contributed by atoms with Crippen molar-refractivity contribution in [2.24, 2.45) is 0 Å². The molecule has 0 bridgehead atoms. The van der Waals surface area contributed by atoms with E-state index in [1.807, 2.05) is 30.0 Å². The van der Waals surface area contributed by atoms with E-state index in [2.05, 4.69) is 10.2 Å². The Hall–Kier alpha value is -2.57. The summed E-state index contributed by atoms with van der Waals surface area (Å²) in [5, 5.41) is 8.28. The maximum Gasteiger partial charge on any atom is 0.247 e. The Morgan fingerprint density at radius 3 is 2.91 bits per heavy atom. The lowest BCUT2D eigenvalue weighted by molar-refractivity contribution is -0.130. The van der Waals surface area contributed by atoms with Gasteiger partial charge in [0.05, 0.1) is 0 Å². The van der Waals surface area contributed by atoms with Crippen LogP contribution in [-0.4, -0.2) is 34.3 Å². The molecule has 1 saturated heterocycles. The van der Waals surface area contributed by atoms with Gasteiger partial charge in [-0.05, 0) is 31.0 Å². The number of hydrogen-bond donors (Lipinski definition) is 0. The molecule has 3 heterocycles. The fourth-order valence-electron chi connectivity index (χ4n) is 3.04. The first-order valence-corrected chi connectivity index (χ1v) is 7.79. The molecule has 2 aliphatic heterocycles. The molecule has 120 valence electrons. The number of hydrogen-bond acceptors (Lipinski definition) is 6. The minimum Gasteiger partial charge on any atom is -0.454 e. The van der Waals surface area contributed by atoms with Crippen LogP contribution in [0.3, 0.4) is 0 Å². The Morgan fingerprint density at radius 2 is 2.13 bits per heavy atom. The Morgan fingerprint density at radius 1 is 1.26 bits per heavy atom. The number of rotatable bonds is 4. The number of carbonyl (C=O) groups excluding carboxylic acids is 1. The quantitative estimate of drug-likeness (QED) is 0.863. The summed E-state index contributed by atoms with van der Waals surface area (Å²) < 4.78 is 16.5. The molecule has 23 heavy (non-hydrogen) atoms. The van der Waals surface area contributed by atoms with Gasteiger partial charge in [0.25, 0.3) is 0 Å². The van der Waals surface area contributed by atoms with Gasteiger partial charge in [0.2, 0.25) is 24.5 Å². The van der Waals surface area contributed by atoms with Crippen molar-refractivity contribution in [1.82, 2.24) is 15.1 Å². The summed E-state index contributed by atoms with van der Waals surface area (Å²) in [4.78, 5) is 13.8. The van der Waals surface area contributed by atoms with Crippen LogP contribution >= 0.6 is 0 Å². The fourth-order valence-corrected chi connectivity index (χ4v) is 3.04. The van der Waals surface area contributed by atoms with Crippen LogP contribution in [0.25, 0.3) is 11.5 Å². The van der Waals surface area contributed by atoms with E-state index in [1.165, 1.54) is 0 Å². The van der Waals surface area contributed by atoms with Gasteiger partial charge in [-0.25, -0.2) is 0 Å². The van der Waals surface area contributed by atoms with Gasteiger partial charge in [-0.2, -0.15) is 0 Å². The predicted octanol–water partition coefficient (Wildman–Crippen LogP) is 2.54. The molecule has 7 nitrogen and oxygen atoms in total. The number of ether oxygens (including phenoxy) is 2. The number of aromatic nitrogens is 2. The standard InChI is InChI=1S/C16H17N3O4/c1-2-11(19-7-3-4-14(19)20)16-18-17-15(23-16)10-5-6-12-13(8-10)22-9-21-12/h5-6,8,11H,2-4,7,9H2,1H3. The second-order valence-electron chi connectivity index (χ2n) is 5.63. The van der Waals surface area contributed by atoms with E-state index in [-0.39, 0.29) is 18.7 Å². The molecular formula is C16H17N3O4. The molecule has 2 aliphatic rings. The number of likely N-dealkylation sites (tertiary alicyclic amines) is 1. The second-order valence-corrected chi connectivity index (χ2v) is 5.63. The van der Waals surface area contributed by atoms with Gasteiger partial charge in [0.1, 0.15) is 6.04 Å². The SMILES string of the molecule is CCC(c1nnc(-c2ccc3c(c2)OCO3)o1)N1CCCC1=O. The van der Waals surface area contributed by atoms with Crippen LogP contribution < -0.4 is 9.47 Å². The number of fused-ring (bicyclic) bond motifs is 1. The largest absolute Gasteiger partial charge is 0.454 e. The summed E-state index contributed by atoms with van der Waals surface area (Å²) in [5.74, 6) is 2.44. The molecule has 2 aromatic rings. The molecule has 4 rings (SSSR count). The molecule has 0 saturated carbocycles. The van der Waals surface area contributed by atoms with Crippen molar-refractivity contribution in [2.45, 2.75) is 32.2 Å². The van der Waals surface area contributed by atoms with Crippen molar-refractivity contribution in [2.75, 3.05) is 13.3 Å². The summed E-state index contributed by atoms with van der Waals surface area (Å²) in [6.45, 7) is 2.99. The number of nitrogens with zero attached hydrogens (tertiary/aromatic N) is 3. The van der Waals surface area contributed by atoms with Gasteiger partial charge in [0.15, 0.2) is 11.5 Å². The van der Waals surface area contributed by atoms with Crippen LogP contribution in [0, 0.1) is 0 Å². The van der Waals surface area contributed by atoms with Gasteiger partial charge >= 0.3 is 0 Å². The zero-order valence-corrected chi connectivity index (χ0v) is 12.8. The predicted molar refractivity (Wildman–Crippen MR) is 79.8 cm³/mol. The highest BCUT2D eigenvalue weighted by Gasteiger charge is 2.31. The summed E-state index contributed by atoms with van der Waals surface area (Å²) in [5.41, 5.74) is 0.774. The molecule has 0 radical (unpaired) electrons. The zero-order valence-electron chi connectivity index (χ0n) is 12.8. The van der Waals surface area contributed by atoms with E-state index in [0.29, 0.717) is 29.7 Å². The van der Waals surface area contributed by atoms with Gasteiger partial charge in [-0.15, -0.1) is 10.2 Å². The zero-order chi connectivity index (χ0) is 15.8. The van der Waals surface area contributed by atoms with Crippen molar-refractivity contribution in [3.05, 3.63) is 24.1 Å². The van der Waals surface area contributed by atoms with Gasteiger partial charge < -0.3 is 18.8 Å². The average Bonchev–Trinajstić information content (AvgIpc) is 3.29. The van der Waals surface area contributed by atoms with Crippen LogP contribution in [0.1, 0.15) is 38.1 Å². The third-order valence-corrected chi connectivity index (χ3v) is 4.22. The number of benzene rings is 1. The van der Waals surface area contributed by atoms with Gasteiger partial charge in [-0.3, -0.25) is 4.79 Å². The third-order valence-electron chi connectivity index (χ3n) is 4.22. The van der Waals surface area contributed by atoms with Crippen molar-refractivity contribution >= 4 is 5.91 Å². The highest BCUT2D eigenvalue weighted by atomic mass is 16.7. The van der Waals surface area contributed by atoms with E-state index in [4.69, 9.17) is 13.9 Å². The smallest absolute Gasteiger partial charge is 0.247 e. The maximum atomic E-state index is 12.0. The molecule has 1 fully saturated rings. The van der Waals surface area contributed by atoms with Crippen molar-refractivity contribution in [1.29, 1.82) is 0 Å². The lowest BCUT2D eigenvalue weighted by Crippen LogP contribution is -2.29. The highest BCUT2D eigenvalue weighted by Crippen LogP contribution is 2.36. The first-order valence-electron chi connectivity index (χ1n) is 7.79. The topological polar surface area (TPSA) is 77.7 Å². The number of carbonyl (C=O) groups is 1. The summed E-state index contributed by atoms with van der Waals surface area (Å²) >= 11 is 0. The third kappa shape index (κ3) is 2.42. The first-order chi connectivity index (χ1) is 11.3. The van der Waals surface area contributed by atoms with E-state index >= 15 is 0 Å². The molecule has 7 heteroatoms. The monoisotopic (exact) mass is 315 g/mol. The van der Waals surface area contributed by atoms with Gasteiger partial charge in [0, 0.05) is 18.5 Å². The molecule has 1 aromatic heterocycles. The normalized spacial score (nSPS) is 17.8. The van der Waals surface area contributed by atoms with Crippen LogP contribution in [0.4, 0.5) is 0 Å². The first kappa shape index (κ1) is 14.0. The minimum absolute atomic E-state index is 0.152. The summed E-state index contributed by atoms with van der Waals surface area (Å²) in [6.07, 6.45) is 2.23. The Labute approximate surface area is 133 Å². The van der Waals surface area contributed by atoms with Crippen molar-refractivity contribution in [3.63, 3.8) is 0 Å². The van der Waals surface area contributed by atoms with Gasteiger partial charge in [-0.1, -0.05) is 6.92 Å². The summed E-state index contributed by atoms with van der Waals surface area (Å²) in [7, 11) is 0. The Balaban J connectivity index is 1.62. The molecule has 0 spiro atoms. The van der Waals surface area contributed by atoms with Crippen molar-refractivity contribution < 1.29 is 18.7 Å². The van der Waals surface area contributed by atoms with Crippen LogP contribution in [0.5, 0.6) is 11.5 Å². The molecule has 1 aromatic carbocycles. The van der Waals surface area contributed by atoms with Crippen LogP contribution in [0.2, 0.25) is 0 Å². The summed E-state index contributed by atoms with van der Waals surface area (Å²) in [6, 6.07) is 5.34. The lowest BCUT2D eigenvalue weighted by Gasteiger charge is -2.23. The fraction of sp³-hybridized carbons (Fsp3) is 0.438. The minimum atomic E-state index is -0.153. The molecule has 1 unspecified atom stereocenters.